The van der Waals surface area contributed by atoms with E-state index in [2.05, 4.69) is 41.5 Å². The van der Waals surface area contributed by atoms with E-state index in [0.717, 1.165) is 51.4 Å². The summed E-state index contributed by atoms with van der Waals surface area (Å²) in [6.45, 7) is 16.9. The standard InChI is InChI=1S/C41H70O13/c1-36(2)24-10-15-39(6)25(17-21(43)28-20(9-14-40(28,39)7)41(8)16-12-27(54-41)37(3,4)49)38(24,5)13-11-26(36)52-35-33(29(45)22(44)19-50-35)53-34-32(48)31(47)30(46)23(18-42)51-34/h20-35,42-49H,9-19H2,1-8H3/t20-,21+,22+,23+,24-,25+,26-,27-,28-,29-,30+,31-,32+,33+,34-,35-,38-,39+,40+,41-/m0/s1. The van der Waals surface area contributed by atoms with Gasteiger partial charge in [-0.2, -0.15) is 0 Å². The molecule has 0 amide bonds. The van der Waals surface area contributed by atoms with Gasteiger partial charge in [-0.25, -0.2) is 0 Å². The molecule has 20 atom stereocenters. The summed E-state index contributed by atoms with van der Waals surface area (Å²) < 4.78 is 31.0. The van der Waals surface area contributed by atoms with Crippen molar-refractivity contribution < 1.29 is 64.5 Å². The molecule has 0 aromatic carbocycles. The van der Waals surface area contributed by atoms with Crippen LogP contribution < -0.4 is 0 Å². The molecule has 0 aromatic heterocycles. The molecule has 3 saturated heterocycles. The zero-order valence-electron chi connectivity index (χ0n) is 33.6. The van der Waals surface area contributed by atoms with Crippen LogP contribution in [0.3, 0.4) is 0 Å². The van der Waals surface area contributed by atoms with E-state index in [0.29, 0.717) is 6.42 Å². The van der Waals surface area contributed by atoms with E-state index in [-0.39, 0.29) is 69.7 Å². The molecule has 3 heterocycles. The molecule has 4 aliphatic carbocycles. The normalized spacial score (nSPS) is 56.2. The highest BCUT2D eigenvalue weighted by Crippen LogP contribution is 2.76. The highest BCUT2D eigenvalue weighted by atomic mass is 16.8. The molecular formula is C41H70O13. The maximum atomic E-state index is 12.3. The fourth-order valence-corrected chi connectivity index (χ4v) is 13.8. The van der Waals surface area contributed by atoms with Crippen molar-refractivity contribution >= 4 is 0 Å². The summed E-state index contributed by atoms with van der Waals surface area (Å²) in [4.78, 5) is 0. The van der Waals surface area contributed by atoms with Crippen LogP contribution in [0.25, 0.3) is 0 Å². The van der Waals surface area contributed by atoms with Gasteiger partial charge in [0.15, 0.2) is 12.6 Å². The number of rotatable bonds is 7. The largest absolute Gasteiger partial charge is 0.394 e. The highest BCUT2D eigenvalue weighted by Gasteiger charge is 2.72. The van der Waals surface area contributed by atoms with Crippen LogP contribution in [0.5, 0.6) is 0 Å². The van der Waals surface area contributed by atoms with E-state index in [1.54, 1.807) is 0 Å². The Labute approximate surface area is 320 Å². The molecule has 3 aliphatic heterocycles. The van der Waals surface area contributed by atoms with Gasteiger partial charge in [0, 0.05) is 0 Å². The lowest BCUT2D eigenvalue weighted by atomic mass is 9.35. The van der Waals surface area contributed by atoms with E-state index in [4.69, 9.17) is 23.7 Å². The predicted molar refractivity (Wildman–Crippen MR) is 194 cm³/mol. The number of fused-ring (bicyclic) bond motifs is 5. The second-order valence-electron chi connectivity index (χ2n) is 20.6. The molecule has 13 heteroatoms. The molecular weight excluding hydrogens is 700 g/mol. The minimum absolute atomic E-state index is 0.00233. The van der Waals surface area contributed by atoms with Gasteiger partial charge in [0.1, 0.15) is 42.7 Å². The summed E-state index contributed by atoms with van der Waals surface area (Å²) in [6.07, 6.45) is -5.82. The zero-order valence-corrected chi connectivity index (χ0v) is 33.6. The Balaban J connectivity index is 1.09. The first-order chi connectivity index (χ1) is 25.0. The maximum Gasteiger partial charge on any atom is 0.187 e. The van der Waals surface area contributed by atoms with Crippen LogP contribution in [0.2, 0.25) is 0 Å². The third-order valence-electron chi connectivity index (χ3n) is 17.1. The van der Waals surface area contributed by atoms with Gasteiger partial charge in [-0.3, -0.25) is 0 Å². The summed E-state index contributed by atoms with van der Waals surface area (Å²) in [7, 11) is 0. The second-order valence-corrected chi connectivity index (χ2v) is 20.6. The zero-order chi connectivity index (χ0) is 39.6. The van der Waals surface area contributed by atoms with Gasteiger partial charge in [0.05, 0.1) is 42.7 Å². The summed E-state index contributed by atoms with van der Waals surface area (Å²) in [5.41, 5.74) is -1.81. The SMILES string of the molecule is CC(C)(O)[C@@H]1CC[C@@](C)([C@H]2CC[C@]3(C)[C@@H]2[C@H](O)C[C@@H]2[C@@]4(C)CC[C@H](O[C@@H]5OC[C@@H](O)[C@H](O)[C@H]5O[C@@H]5O[C@H](CO)[C@@H](O)[C@H](O)[C@H]5O)C(C)(C)[C@@H]4CC[C@]23C)O1. The van der Waals surface area contributed by atoms with Crippen LogP contribution in [0.4, 0.5) is 0 Å². The van der Waals surface area contributed by atoms with Crippen molar-refractivity contribution in [3.8, 4) is 0 Å². The second kappa shape index (κ2) is 14.1. The Morgan fingerprint density at radius 2 is 1.39 bits per heavy atom. The van der Waals surface area contributed by atoms with Crippen LogP contribution in [0.1, 0.15) is 113 Å². The van der Waals surface area contributed by atoms with Crippen molar-refractivity contribution in [3.05, 3.63) is 0 Å². The molecule has 0 unspecified atom stereocenters. The number of hydrogen-bond acceptors (Lipinski definition) is 13. The molecule has 54 heavy (non-hydrogen) atoms. The quantitative estimate of drug-likeness (QED) is 0.175. The van der Waals surface area contributed by atoms with Gasteiger partial charge in [-0.1, -0.05) is 34.6 Å². The average molecular weight is 771 g/mol. The molecule has 13 nitrogen and oxygen atoms in total. The molecule has 312 valence electrons. The third kappa shape index (κ3) is 6.28. The topological polar surface area (TPSA) is 208 Å². The molecule has 0 spiro atoms. The lowest BCUT2D eigenvalue weighted by Crippen LogP contribution is -2.67. The Bertz CT molecular complexity index is 1360. The smallest absolute Gasteiger partial charge is 0.187 e. The van der Waals surface area contributed by atoms with Crippen molar-refractivity contribution in [2.24, 2.45) is 45.3 Å². The van der Waals surface area contributed by atoms with Crippen LogP contribution in [-0.2, 0) is 23.7 Å². The van der Waals surface area contributed by atoms with Crippen molar-refractivity contribution in [1.82, 2.24) is 0 Å². The van der Waals surface area contributed by atoms with E-state index >= 15 is 0 Å². The van der Waals surface area contributed by atoms with Crippen molar-refractivity contribution in [2.75, 3.05) is 13.2 Å². The molecule has 7 fully saturated rings. The Hall–Kier alpha value is -0.520. The molecule has 0 radical (unpaired) electrons. The van der Waals surface area contributed by atoms with Crippen molar-refractivity contribution in [3.63, 3.8) is 0 Å². The number of aliphatic hydroxyl groups excluding tert-OH is 7. The fourth-order valence-electron chi connectivity index (χ4n) is 13.8. The lowest BCUT2D eigenvalue weighted by molar-refractivity contribution is -0.367. The van der Waals surface area contributed by atoms with E-state index in [1.165, 1.54) is 0 Å². The van der Waals surface area contributed by atoms with Crippen molar-refractivity contribution in [1.29, 1.82) is 0 Å². The molecule has 7 rings (SSSR count). The first-order valence-corrected chi connectivity index (χ1v) is 20.7. The third-order valence-corrected chi connectivity index (χ3v) is 17.1. The Morgan fingerprint density at radius 3 is 2.04 bits per heavy atom. The summed E-state index contributed by atoms with van der Waals surface area (Å²) in [5, 5.41) is 85.7. The Morgan fingerprint density at radius 1 is 0.704 bits per heavy atom. The molecule has 0 bridgehead atoms. The number of aliphatic hydroxyl groups is 8. The first kappa shape index (κ1) is 41.6. The van der Waals surface area contributed by atoms with Crippen LogP contribution >= 0.6 is 0 Å². The minimum atomic E-state index is -1.70. The van der Waals surface area contributed by atoms with E-state index < -0.39 is 73.6 Å². The predicted octanol–water partition coefficient (Wildman–Crippen LogP) is 2.00. The molecule has 7 aliphatic rings. The molecule has 0 aromatic rings. The number of ether oxygens (including phenoxy) is 5. The van der Waals surface area contributed by atoms with Crippen molar-refractivity contribution in [2.45, 2.75) is 198 Å². The summed E-state index contributed by atoms with van der Waals surface area (Å²) in [5.74, 6) is 0.864. The van der Waals surface area contributed by atoms with E-state index in [9.17, 15) is 40.9 Å². The summed E-state index contributed by atoms with van der Waals surface area (Å²) in [6, 6.07) is 0. The van der Waals surface area contributed by atoms with Gasteiger partial charge in [0.25, 0.3) is 0 Å². The van der Waals surface area contributed by atoms with Crippen LogP contribution in [-0.4, -0.2) is 139 Å². The van der Waals surface area contributed by atoms with Gasteiger partial charge in [-0.05, 0) is 124 Å². The fraction of sp³-hybridized carbons (Fsp3) is 1.00. The average Bonchev–Trinajstić information content (AvgIpc) is 3.69. The lowest BCUT2D eigenvalue weighted by Gasteiger charge is -2.70. The van der Waals surface area contributed by atoms with Gasteiger partial charge < -0.3 is 64.5 Å². The minimum Gasteiger partial charge on any atom is -0.394 e. The van der Waals surface area contributed by atoms with Crippen LogP contribution in [0, 0.1) is 45.3 Å². The highest BCUT2D eigenvalue weighted by molar-refractivity contribution is 5.20. The van der Waals surface area contributed by atoms with Crippen LogP contribution in [0.15, 0.2) is 0 Å². The molecule has 4 saturated carbocycles. The monoisotopic (exact) mass is 770 g/mol. The summed E-state index contributed by atoms with van der Waals surface area (Å²) >= 11 is 0. The first-order valence-electron chi connectivity index (χ1n) is 20.7. The van der Waals surface area contributed by atoms with Gasteiger partial charge >= 0.3 is 0 Å². The van der Waals surface area contributed by atoms with E-state index in [1.807, 2.05) is 13.8 Å². The van der Waals surface area contributed by atoms with Gasteiger partial charge in [-0.15, -0.1) is 0 Å². The number of hydrogen-bond donors (Lipinski definition) is 8. The maximum absolute atomic E-state index is 12.3. The van der Waals surface area contributed by atoms with Gasteiger partial charge in [0.2, 0.25) is 0 Å². The molecule has 8 N–H and O–H groups in total. The Kier molecular flexibility index (Phi) is 10.8.